The summed E-state index contributed by atoms with van der Waals surface area (Å²) in [6.07, 6.45) is 3.38. The molecule has 0 radical (unpaired) electrons. The van der Waals surface area contributed by atoms with Crippen molar-refractivity contribution in [3.8, 4) is 5.75 Å². The molecule has 1 atom stereocenters. The Morgan fingerprint density at radius 1 is 1.45 bits per heavy atom. The smallest absolute Gasteiger partial charge is 0.259 e. The average Bonchev–Trinajstić information content (AvgIpc) is 2.84. The Morgan fingerprint density at radius 2 is 2.25 bits per heavy atom. The molecule has 0 bridgehead atoms. The monoisotopic (exact) mass is 276 g/mol. The molecule has 0 saturated carbocycles. The van der Waals surface area contributed by atoms with E-state index >= 15 is 0 Å². The van der Waals surface area contributed by atoms with Gasteiger partial charge in [0.05, 0.1) is 0 Å². The highest BCUT2D eigenvalue weighted by atomic mass is 16.5. The van der Waals surface area contributed by atoms with Crippen LogP contribution in [0.25, 0.3) is 0 Å². The van der Waals surface area contributed by atoms with E-state index in [1.54, 1.807) is 14.1 Å². The standard InChI is InChI=1S/C16H24N2O2/c1-4-9-17-15-8-5-12-10-13(6-7-14(12)15)20-11-16(19)18(2)3/h6-7,10,15,17H,4-5,8-9,11H2,1-3H3. The molecule has 0 heterocycles. The van der Waals surface area contributed by atoms with Crippen molar-refractivity contribution in [1.29, 1.82) is 0 Å². The predicted octanol–water partition coefficient (Wildman–Crippen LogP) is 2.14. The van der Waals surface area contributed by atoms with Crippen LogP contribution in [0.1, 0.15) is 36.9 Å². The molecule has 0 spiro atoms. The highest BCUT2D eigenvalue weighted by Crippen LogP contribution is 2.33. The lowest BCUT2D eigenvalue weighted by molar-refractivity contribution is -0.130. The number of ether oxygens (including phenoxy) is 1. The third kappa shape index (κ3) is 3.51. The molecule has 0 aliphatic heterocycles. The number of nitrogens with one attached hydrogen (secondary N) is 1. The van der Waals surface area contributed by atoms with E-state index in [4.69, 9.17) is 4.74 Å². The van der Waals surface area contributed by atoms with Gasteiger partial charge in [0.15, 0.2) is 6.61 Å². The van der Waals surface area contributed by atoms with E-state index < -0.39 is 0 Å². The number of nitrogens with zero attached hydrogens (tertiary/aromatic N) is 1. The molecule has 0 aromatic heterocycles. The lowest BCUT2D eigenvalue weighted by Gasteiger charge is -2.14. The number of aryl methyl sites for hydroxylation is 1. The molecule has 2 rings (SSSR count). The van der Waals surface area contributed by atoms with Gasteiger partial charge in [0, 0.05) is 20.1 Å². The lowest BCUT2D eigenvalue weighted by Crippen LogP contribution is -2.27. The van der Waals surface area contributed by atoms with Crippen molar-refractivity contribution in [2.45, 2.75) is 32.2 Å². The molecule has 0 fully saturated rings. The maximum atomic E-state index is 11.5. The van der Waals surface area contributed by atoms with E-state index in [1.807, 2.05) is 6.07 Å². The summed E-state index contributed by atoms with van der Waals surface area (Å²) >= 11 is 0. The molecule has 1 aromatic rings. The number of benzene rings is 1. The molecule has 1 aromatic carbocycles. The van der Waals surface area contributed by atoms with Gasteiger partial charge in [-0.05, 0) is 49.1 Å². The molecule has 1 N–H and O–H groups in total. The molecule has 20 heavy (non-hydrogen) atoms. The average molecular weight is 276 g/mol. The summed E-state index contributed by atoms with van der Waals surface area (Å²) in [5.41, 5.74) is 2.72. The maximum absolute atomic E-state index is 11.5. The minimum atomic E-state index is -0.0204. The summed E-state index contributed by atoms with van der Waals surface area (Å²) < 4.78 is 5.56. The summed E-state index contributed by atoms with van der Waals surface area (Å²) in [4.78, 5) is 13.1. The highest BCUT2D eigenvalue weighted by molar-refractivity contribution is 5.77. The van der Waals surface area contributed by atoms with Crippen molar-refractivity contribution in [1.82, 2.24) is 10.2 Å². The molecule has 1 aliphatic rings. The largest absolute Gasteiger partial charge is 0.484 e. The van der Waals surface area contributed by atoms with E-state index in [9.17, 15) is 4.79 Å². The quantitative estimate of drug-likeness (QED) is 0.865. The third-order valence-corrected chi connectivity index (χ3v) is 3.69. The molecule has 1 amide bonds. The van der Waals surface area contributed by atoms with Crippen molar-refractivity contribution in [3.05, 3.63) is 29.3 Å². The minimum absolute atomic E-state index is 0.0204. The third-order valence-electron chi connectivity index (χ3n) is 3.69. The summed E-state index contributed by atoms with van der Waals surface area (Å²) in [5.74, 6) is 0.767. The zero-order valence-corrected chi connectivity index (χ0v) is 12.6. The second-order valence-electron chi connectivity index (χ2n) is 5.48. The number of rotatable bonds is 6. The van der Waals surface area contributed by atoms with Gasteiger partial charge >= 0.3 is 0 Å². The Balaban J connectivity index is 1.97. The second kappa shape index (κ2) is 6.75. The van der Waals surface area contributed by atoms with Crippen LogP contribution in [-0.4, -0.2) is 38.1 Å². The number of fused-ring (bicyclic) bond motifs is 1. The SMILES string of the molecule is CCCNC1CCc2cc(OCC(=O)N(C)C)ccc21. The fourth-order valence-corrected chi connectivity index (χ4v) is 2.49. The first kappa shape index (κ1) is 14.9. The first-order valence-corrected chi connectivity index (χ1v) is 7.31. The van der Waals surface area contributed by atoms with Crippen molar-refractivity contribution in [2.75, 3.05) is 27.2 Å². The fourth-order valence-electron chi connectivity index (χ4n) is 2.49. The fraction of sp³-hybridized carbons (Fsp3) is 0.562. The zero-order valence-electron chi connectivity index (χ0n) is 12.6. The molecule has 4 heteroatoms. The van der Waals surface area contributed by atoms with Gasteiger partial charge in [-0.2, -0.15) is 0 Å². The first-order valence-electron chi connectivity index (χ1n) is 7.31. The number of likely N-dealkylation sites (N-methyl/N-ethyl adjacent to an activating group) is 1. The Morgan fingerprint density at radius 3 is 2.95 bits per heavy atom. The number of hydrogen-bond acceptors (Lipinski definition) is 3. The normalized spacial score (nSPS) is 16.9. The molecular weight excluding hydrogens is 252 g/mol. The van der Waals surface area contributed by atoms with Gasteiger partial charge in [0.2, 0.25) is 0 Å². The van der Waals surface area contributed by atoms with Gasteiger partial charge in [0.1, 0.15) is 5.75 Å². The van der Waals surface area contributed by atoms with Gasteiger partial charge in [-0.1, -0.05) is 13.0 Å². The Kier molecular flexibility index (Phi) is 5.01. The maximum Gasteiger partial charge on any atom is 0.259 e. The van der Waals surface area contributed by atoms with E-state index in [0.29, 0.717) is 6.04 Å². The van der Waals surface area contributed by atoms with Crippen LogP contribution in [0, 0.1) is 0 Å². The lowest BCUT2D eigenvalue weighted by atomic mass is 10.1. The van der Waals surface area contributed by atoms with Gasteiger partial charge in [-0.15, -0.1) is 0 Å². The molecule has 110 valence electrons. The summed E-state index contributed by atoms with van der Waals surface area (Å²) in [7, 11) is 3.47. The van der Waals surface area contributed by atoms with Crippen molar-refractivity contribution in [3.63, 3.8) is 0 Å². The molecule has 1 aliphatic carbocycles. The molecule has 1 unspecified atom stereocenters. The van der Waals surface area contributed by atoms with E-state index in [-0.39, 0.29) is 12.5 Å². The topological polar surface area (TPSA) is 41.6 Å². The number of amides is 1. The summed E-state index contributed by atoms with van der Waals surface area (Å²) in [6.45, 7) is 3.34. The van der Waals surface area contributed by atoms with Gasteiger partial charge in [0.25, 0.3) is 5.91 Å². The number of carbonyl (C=O) groups excluding carboxylic acids is 1. The van der Waals surface area contributed by atoms with Crippen LogP contribution >= 0.6 is 0 Å². The van der Waals surface area contributed by atoms with Gasteiger partial charge in [-0.25, -0.2) is 0 Å². The van der Waals surface area contributed by atoms with Crippen LogP contribution in [0.3, 0.4) is 0 Å². The Labute approximate surface area is 121 Å². The Hall–Kier alpha value is -1.55. The Bertz CT molecular complexity index is 472. The molecule has 0 saturated heterocycles. The zero-order chi connectivity index (χ0) is 14.5. The van der Waals surface area contributed by atoms with Crippen LogP contribution in [0.2, 0.25) is 0 Å². The number of hydrogen-bond donors (Lipinski definition) is 1. The molecular formula is C16H24N2O2. The second-order valence-corrected chi connectivity index (χ2v) is 5.48. The van der Waals surface area contributed by atoms with Crippen LogP contribution in [0.15, 0.2) is 18.2 Å². The first-order chi connectivity index (χ1) is 9.61. The molecule has 4 nitrogen and oxygen atoms in total. The van der Waals surface area contributed by atoms with Crippen LogP contribution in [-0.2, 0) is 11.2 Å². The number of carbonyl (C=O) groups is 1. The minimum Gasteiger partial charge on any atom is -0.484 e. The predicted molar refractivity (Wildman–Crippen MR) is 80.0 cm³/mol. The van der Waals surface area contributed by atoms with Crippen LogP contribution in [0.5, 0.6) is 5.75 Å². The van der Waals surface area contributed by atoms with Gasteiger partial charge in [-0.3, -0.25) is 4.79 Å². The van der Waals surface area contributed by atoms with Crippen LogP contribution < -0.4 is 10.1 Å². The van der Waals surface area contributed by atoms with Crippen molar-refractivity contribution >= 4 is 5.91 Å². The van der Waals surface area contributed by atoms with E-state index in [1.165, 1.54) is 16.0 Å². The van der Waals surface area contributed by atoms with Crippen LogP contribution in [0.4, 0.5) is 0 Å². The summed E-state index contributed by atoms with van der Waals surface area (Å²) in [5, 5.41) is 3.57. The highest BCUT2D eigenvalue weighted by Gasteiger charge is 2.22. The van der Waals surface area contributed by atoms with Crippen molar-refractivity contribution < 1.29 is 9.53 Å². The summed E-state index contributed by atoms with van der Waals surface area (Å²) in [6, 6.07) is 6.65. The van der Waals surface area contributed by atoms with Gasteiger partial charge < -0.3 is 15.0 Å². The van der Waals surface area contributed by atoms with Crippen molar-refractivity contribution in [2.24, 2.45) is 0 Å². The van der Waals surface area contributed by atoms with E-state index in [0.717, 1.165) is 31.6 Å². The van der Waals surface area contributed by atoms with E-state index in [2.05, 4.69) is 24.4 Å².